The lowest BCUT2D eigenvalue weighted by molar-refractivity contribution is -0.121. The van der Waals surface area contributed by atoms with Gasteiger partial charge in [-0.2, -0.15) is 4.31 Å². The molecule has 0 saturated carbocycles. The number of hydrogen-bond donors (Lipinski definition) is 2. The first kappa shape index (κ1) is 15.5. The van der Waals surface area contributed by atoms with Crippen LogP contribution in [-0.2, 0) is 21.2 Å². The standard InChI is InChI=1S/C12H16N2O6S/c1-2-8-10(6-9(20-8)12(16)17)21(18,19)14-5-3-4-7(14)11(13)15/h6-7H,2-5H2,1H3,(H2,13,15)(H,16,17). The lowest BCUT2D eigenvalue weighted by atomic mass is 10.2. The highest BCUT2D eigenvalue weighted by molar-refractivity contribution is 7.89. The number of furan rings is 1. The van der Waals surface area contributed by atoms with E-state index in [0.29, 0.717) is 12.8 Å². The molecule has 1 aromatic heterocycles. The highest BCUT2D eigenvalue weighted by Crippen LogP contribution is 2.30. The minimum absolute atomic E-state index is 0.0579. The molecule has 1 atom stereocenters. The van der Waals surface area contributed by atoms with Gasteiger partial charge in [-0.05, 0) is 12.8 Å². The molecule has 9 heteroatoms. The number of carboxylic acids is 1. The molecule has 1 fully saturated rings. The quantitative estimate of drug-likeness (QED) is 0.796. The Labute approximate surface area is 121 Å². The van der Waals surface area contributed by atoms with Gasteiger partial charge < -0.3 is 15.3 Å². The maximum absolute atomic E-state index is 12.6. The van der Waals surface area contributed by atoms with Gasteiger partial charge in [-0.1, -0.05) is 6.92 Å². The van der Waals surface area contributed by atoms with Gasteiger partial charge in [-0.15, -0.1) is 0 Å². The van der Waals surface area contributed by atoms with Crippen LogP contribution < -0.4 is 5.73 Å². The van der Waals surface area contributed by atoms with Crippen molar-refractivity contribution in [2.75, 3.05) is 6.54 Å². The summed E-state index contributed by atoms with van der Waals surface area (Å²) in [4.78, 5) is 22.1. The van der Waals surface area contributed by atoms with Crippen molar-refractivity contribution in [3.8, 4) is 0 Å². The number of aryl methyl sites for hydroxylation is 1. The largest absolute Gasteiger partial charge is 0.475 e. The number of sulfonamides is 1. The van der Waals surface area contributed by atoms with Crippen LogP contribution in [0.2, 0.25) is 0 Å². The number of hydrogen-bond acceptors (Lipinski definition) is 5. The summed E-state index contributed by atoms with van der Waals surface area (Å²) in [7, 11) is -4.01. The molecule has 3 N–H and O–H groups in total. The van der Waals surface area contributed by atoms with Crippen LogP contribution in [0.25, 0.3) is 0 Å². The van der Waals surface area contributed by atoms with Crippen molar-refractivity contribution in [3.05, 3.63) is 17.6 Å². The molecule has 1 amide bonds. The maximum Gasteiger partial charge on any atom is 0.371 e. The van der Waals surface area contributed by atoms with Crippen molar-refractivity contribution in [1.82, 2.24) is 4.31 Å². The number of rotatable bonds is 5. The van der Waals surface area contributed by atoms with Crippen molar-refractivity contribution >= 4 is 21.9 Å². The highest BCUT2D eigenvalue weighted by Gasteiger charge is 2.40. The van der Waals surface area contributed by atoms with Crippen LogP contribution in [-0.4, -0.2) is 42.3 Å². The molecule has 116 valence electrons. The summed E-state index contributed by atoms with van der Waals surface area (Å²) in [5, 5.41) is 8.91. The SMILES string of the molecule is CCc1oc(C(=O)O)cc1S(=O)(=O)N1CCCC1C(N)=O. The molecule has 1 aromatic rings. The van der Waals surface area contributed by atoms with E-state index in [4.69, 9.17) is 15.3 Å². The molecule has 0 radical (unpaired) electrons. The van der Waals surface area contributed by atoms with E-state index in [1.807, 2.05) is 0 Å². The summed E-state index contributed by atoms with van der Waals surface area (Å²) in [6, 6.07) is 0.0789. The minimum atomic E-state index is -4.01. The molecule has 1 unspecified atom stereocenters. The van der Waals surface area contributed by atoms with Crippen molar-refractivity contribution < 1.29 is 27.5 Å². The molecule has 0 aromatic carbocycles. The molecular weight excluding hydrogens is 300 g/mol. The second-order valence-electron chi connectivity index (χ2n) is 4.73. The zero-order valence-corrected chi connectivity index (χ0v) is 12.2. The molecular formula is C12H16N2O6S. The summed E-state index contributed by atoms with van der Waals surface area (Å²) in [6.45, 7) is 1.83. The van der Waals surface area contributed by atoms with Crippen molar-refractivity contribution in [3.63, 3.8) is 0 Å². The molecule has 0 bridgehead atoms. The predicted octanol–water partition coefficient (Wildman–Crippen LogP) is 0.179. The van der Waals surface area contributed by atoms with Crippen LogP contribution in [0, 0.1) is 0 Å². The smallest absolute Gasteiger partial charge is 0.371 e. The van der Waals surface area contributed by atoms with Crippen LogP contribution in [0.3, 0.4) is 0 Å². The summed E-state index contributed by atoms with van der Waals surface area (Å²) in [6.07, 6.45) is 1.11. The van der Waals surface area contributed by atoms with Crippen LogP contribution >= 0.6 is 0 Å². The van der Waals surface area contributed by atoms with Crippen LogP contribution in [0.5, 0.6) is 0 Å². The number of primary amides is 1. The predicted molar refractivity (Wildman–Crippen MR) is 71.2 cm³/mol. The Morgan fingerprint density at radius 1 is 1.52 bits per heavy atom. The highest BCUT2D eigenvalue weighted by atomic mass is 32.2. The second kappa shape index (κ2) is 5.49. The average Bonchev–Trinajstić information content (AvgIpc) is 3.05. The number of amides is 1. The van der Waals surface area contributed by atoms with E-state index in [9.17, 15) is 18.0 Å². The van der Waals surface area contributed by atoms with Gasteiger partial charge in [0.1, 0.15) is 16.7 Å². The molecule has 2 rings (SSSR count). The van der Waals surface area contributed by atoms with Gasteiger partial charge in [0.05, 0.1) is 0 Å². The van der Waals surface area contributed by atoms with E-state index < -0.39 is 33.7 Å². The monoisotopic (exact) mass is 316 g/mol. The number of carbonyl (C=O) groups excluding carboxylic acids is 1. The molecule has 2 heterocycles. The molecule has 21 heavy (non-hydrogen) atoms. The lowest BCUT2D eigenvalue weighted by Crippen LogP contribution is -2.43. The van der Waals surface area contributed by atoms with E-state index in [0.717, 1.165) is 10.4 Å². The fourth-order valence-corrected chi connectivity index (χ4v) is 4.32. The zero-order chi connectivity index (χ0) is 15.8. The van der Waals surface area contributed by atoms with E-state index in [-0.39, 0.29) is 23.6 Å². The fourth-order valence-electron chi connectivity index (χ4n) is 2.42. The first-order valence-corrected chi connectivity index (χ1v) is 7.90. The number of nitrogens with zero attached hydrogens (tertiary/aromatic N) is 1. The number of carbonyl (C=O) groups is 2. The Bertz CT molecular complexity index is 678. The Hall–Kier alpha value is -1.87. The van der Waals surface area contributed by atoms with Gasteiger partial charge in [-0.25, -0.2) is 13.2 Å². The number of carboxylic acid groups (broad SMARTS) is 1. The second-order valence-corrected chi connectivity index (χ2v) is 6.59. The Balaban J connectivity index is 2.49. The van der Waals surface area contributed by atoms with Crippen molar-refractivity contribution in [2.45, 2.75) is 37.1 Å². The summed E-state index contributed by atoms with van der Waals surface area (Å²) < 4.78 is 31.3. The fraction of sp³-hybridized carbons (Fsp3) is 0.500. The lowest BCUT2D eigenvalue weighted by Gasteiger charge is -2.21. The van der Waals surface area contributed by atoms with Gasteiger partial charge in [0.25, 0.3) is 0 Å². The molecule has 1 aliphatic heterocycles. The number of aromatic carboxylic acids is 1. The summed E-state index contributed by atoms with van der Waals surface area (Å²) in [5.41, 5.74) is 5.22. The third kappa shape index (κ3) is 2.66. The maximum atomic E-state index is 12.6. The van der Waals surface area contributed by atoms with Gasteiger partial charge in [-0.3, -0.25) is 4.79 Å². The van der Waals surface area contributed by atoms with Crippen molar-refractivity contribution in [2.24, 2.45) is 5.73 Å². The van der Waals surface area contributed by atoms with Gasteiger partial charge in [0.15, 0.2) is 0 Å². The number of nitrogens with two attached hydrogens (primary N) is 1. The first-order chi connectivity index (χ1) is 9.78. The summed E-state index contributed by atoms with van der Waals surface area (Å²) >= 11 is 0. The molecule has 0 aliphatic carbocycles. The van der Waals surface area contributed by atoms with E-state index in [2.05, 4.69) is 0 Å². The Kier molecular flexibility index (Phi) is 4.06. The van der Waals surface area contributed by atoms with Gasteiger partial charge in [0.2, 0.25) is 21.7 Å². The topological polar surface area (TPSA) is 131 Å². The summed E-state index contributed by atoms with van der Waals surface area (Å²) in [5.74, 6) is -2.45. The van der Waals surface area contributed by atoms with Crippen LogP contribution in [0.4, 0.5) is 0 Å². The molecule has 1 aliphatic rings. The van der Waals surface area contributed by atoms with Crippen LogP contribution in [0.1, 0.15) is 36.1 Å². The normalized spacial score (nSPS) is 19.8. The van der Waals surface area contributed by atoms with E-state index in [1.165, 1.54) is 0 Å². The van der Waals surface area contributed by atoms with Gasteiger partial charge in [0, 0.05) is 19.0 Å². The molecule has 1 saturated heterocycles. The van der Waals surface area contributed by atoms with E-state index in [1.54, 1.807) is 6.92 Å². The molecule has 0 spiro atoms. The average molecular weight is 316 g/mol. The first-order valence-electron chi connectivity index (χ1n) is 6.46. The third-order valence-electron chi connectivity index (χ3n) is 3.42. The van der Waals surface area contributed by atoms with Crippen molar-refractivity contribution in [1.29, 1.82) is 0 Å². The Morgan fingerprint density at radius 3 is 2.71 bits per heavy atom. The molecule has 8 nitrogen and oxygen atoms in total. The van der Waals surface area contributed by atoms with Crippen LogP contribution in [0.15, 0.2) is 15.4 Å². The third-order valence-corrected chi connectivity index (χ3v) is 5.38. The van der Waals surface area contributed by atoms with Gasteiger partial charge >= 0.3 is 5.97 Å². The Morgan fingerprint density at radius 2 is 2.19 bits per heavy atom. The van der Waals surface area contributed by atoms with E-state index >= 15 is 0 Å². The minimum Gasteiger partial charge on any atom is -0.475 e. The zero-order valence-electron chi connectivity index (χ0n) is 11.4.